The van der Waals surface area contributed by atoms with Crippen LogP contribution in [0.25, 0.3) is 0 Å². The van der Waals surface area contributed by atoms with Crippen molar-refractivity contribution in [1.29, 1.82) is 0 Å². The maximum Gasteiger partial charge on any atom is 0.234 e. The van der Waals surface area contributed by atoms with Crippen molar-refractivity contribution < 1.29 is 13.7 Å². The molecular formula is C14H15FN2O2S. The molecule has 0 saturated heterocycles. The van der Waals surface area contributed by atoms with E-state index in [4.69, 9.17) is 4.52 Å². The highest BCUT2D eigenvalue weighted by Gasteiger charge is 2.06. The Morgan fingerprint density at radius 3 is 2.85 bits per heavy atom. The highest BCUT2D eigenvalue weighted by atomic mass is 32.2. The smallest absolute Gasteiger partial charge is 0.234 e. The number of nitrogens with one attached hydrogen (secondary N) is 1. The fourth-order valence-electron chi connectivity index (χ4n) is 1.60. The Morgan fingerprint density at radius 2 is 2.20 bits per heavy atom. The second-order valence-electron chi connectivity index (χ2n) is 4.43. The summed E-state index contributed by atoms with van der Waals surface area (Å²) in [5, 5.41) is 6.50. The van der Waals surface area contributed by atoms with E-state index in [1.54, 1.807) is 19.1 Å². The fourth-order valence-corrected chi connectivity index (χ4v) is 2.31. The molecule has 0 aliphatic rings. The zero-order valence-electron chi connectivity index (χ0n) is 11.3. The van der Waals surface area contributed by atoms with Crippen LogP contribution in [0.15, 0.2) is 28.8 Å². The number of carbonyl (C=O) groups excluding carboxylic acids is 1. The fraction of sp³-hybridized carbons (Fsp3) is 0.286. The quantitative estimate of drug-likeness (QED) is 0.919. The molecule has 0 aliphatic carbocycles. The van der Waals surface area contributed by atoms with Crippen molar-refractivity contribution in [3.63, 3.8) is 0 Å². The van der Waals surface area contributed by atoms with Crippen LogP contribution in [-0.2, 0) is 10.5 Å². The number of nitrogens with zero attached hydrogens (tertiary/aromatic N) is 1. The molecule has 0 aliphatic heterocycles. The number of aromatic nitrogens is 1. The minimum absolute atomic E-state index is 0.168. The average molecular weight is 294 g/mol. The van der Waals surface area contributed by atoms with Crippen molar-refractivity contribution >= 4 is 23.4 Å². The number of benzene rings is 1. The van der Waals surface area contributed by atoms with Gasteiger partial charge in [0.25, 0.3) is 0 Å². The summed E-state index contributed by atoms with van der Waals surface area (Å²) in [5.74, 6) is 1.14. The third kappa shape index (κ3) is 4.09. The molecule has 0 saturated carbocycles. The SMILES string of the molecule is Cc1cc(CSCC(=O)Nc2ccc(C)c(F)c2)no1. The minimum atomic E-state index is -0.325. The number of aryl methyl sites for hydroxylation is 2. The van der Waals surface area contributed by atoms with Crippen molar-refractivity contribution in [1.82, 2.24) is 5.16 Å². The number of anilines is 1. The van der Waals surface area contributed by atoms with Gasteiger partial charge in [-0.05, 0) is 31.5 Å². The number of hydrogen-bond donors (Lipinski definition) is 1. The van der Waals surface area contributed by atoms with E-state index in [0.717, 1.165) is 11.5 Å². The largest absolute Gasteiger partial charge is 0.361 e. The first-order valence-corrected chi connectivity index (χ1v) is 7.26. The van der Waals surface area contributed by atoms with E-state index in [1.165, 1.54) is 17.8 Å². The molecule has 2 aromatic rings. The van der Waals surface area contributed by atoms with Crippen LogP contribution in [-0.4, -0.2) is 16.8 Å². The Hall–Kier alpha value is -1.82. The highest BCUT2D eigenvalue weighted by molar-refractivity contribution is 7.99. The molecule has 4 nitrogen and oxygen atoms in total. The number of amides is 1. The number of hydrogen-bond acceptors (Lipinski definition) is 4. The summed E-state index contributed by atoms with van der Waals surface area (Å²) < 4.78 is 18.3. The van der Waals surface area contributed by atoms with Gasteiger partial charge in [-0.25, -0.2) is 4.39 Å². The molecule has 0 radical (unpaired) electrons. The lowest BCUT2D eigenvalue weighted by atomic mass is 10.2. The van der Waals surface area contributed by atoms with Crippen molar-refractivity contribution in [3.8, 4) is 0 Å². The van der Waals surface area contributed by atoms with E-state index in [2.05, 4.69) is 10.5 Å². The number of carbonyl (C=O) groups is 1. The van der Waals surface area contributed by atoms with Crippen LogP contribution >= 0.6 is 11.8 Å². The first-order chi connectivity index (χ1) is 9.54. The minimum Gasteiger partial charge on any atom is -0.361 e. The van der Waals surface area contributed by atoms with Crippen molar-refractivity contribution in [2.75, 3.05) is 11.1 Å². The lowest BCUT2D eigenvalue weighted by Crippen LogP contribution is -2.14. The topological polar surface area (TPSA) is 55.1 Å². The van der Waals surface area contributed by atoms with E-state index in [1.807, 2.05) is 13.0 Å². The molecule has 0 fully saturated rings. The van der Waals surface area contributed by atoms with Crippen LogP contribution in [0.3, 0.4) is 0 Å². The molecule has 2 rings (SSSR count). The summed E-state index contributed by atoms with van der Waals surface area (Å²) in [6, 6.07) is 6.47. The maximum absolute atomic E-state index is 13.3. The summed E-state index contributed by atoms with van der Waals surface area (Å²) in [6.07, 6.45) is 0. The Labute approximate surface area is 120 Å². The molecule has 1 aromatic heterocycles. The van der Waals surface area contributed by atoms with Gasteiger partial charge in [-0.2, -0.15) is 0 Å². The molecule has 0 spiro atoms. The predicted octanol–water partition coefficient (Wildman–Crippen LogP) is 3.30. The van der Waals surface area contributed by atoms with E-state index in [0.29, 0.717) is 17.0 Å². The van der Waals surface area contributed by atoms with Crippen LogP contribution in [0.2, 0.25) is 0 Å². The number of rotatable bonds is 5. The molecule has 1 amide bonds. The standard InChI is InChI=1S/C14H15FN2O2S/c1-9-3-4-11(6-13(9)15)16-14(18)8-20-7-12-5-10(2)19-17-12/h3-6H,7-8H2,1-2H3,(H,16,18). The lowest BCUT2D eigenvalue weighted by molar-refractivity contribution is -0.113. The summed E-state index contributed by atoms with van der Waals surface area (Å²) in [6.45, 7) is 3.50. The van der Waals surface area contributed by atoms with Crippen LogP contribution in [0, 0.1) is 19.7 Å². The van der Waals surface area contributed by atoms with E-state index >= 15 is 0 Å². The van der Waals surface area contributed by atoms with Crippen molar-refractivity contribution in [2.24, 2.45) is 0 Å². The van der Waals surface area contributed by atoms with Crippen LogP contribution in [0.4, 0.5) is 10.1 Å². The maximum atomic E-state index is 13.3. The van der Waals surface area contributed by atoms with Gasteiger partial charge in [0.1, 0.15) is 11.6 Å². The summed E-state index contributed by atoms with van der Waals surface area (Å²) in [5.41, 5.74) is 1.83. The van der Waals surface area contributed by atoms with Gasteiger partial charge in [-0.3, -0.25) is 4.79 Å². The van der Waals surface area contributed by atoms with Gasteiger partial charge in [-0.15, -0.1) is 11.8 Å². The third-order valence-electron chi connectivity index (χ3n) is 2.62. The first-order valence-electron chi connectivity index (χ1n) is 6.10. The second kappa shape index (κ2) is 6.56. The molecule has 106 valence electrons. The molecule has 0 atom stereocenters. The van der Waals surface area contributed by atoms with Crippen molar-refractivity contribution in [2.45, 2.75) is 19.6 Å². The molecular weight excluding hydrogens is 279 g/mol. The summed E-state index contributed by atoms with van der Waals surface area (Å²) in [7, 11) is 0. The van der Waals surface area contributed by atoms with Gasteiger partial charge in [0, 0.05) is 17.5 Å². The normalized spacial score (nSPS) is 10.6. The van der Waals surface area contributed by atoms with E-state index in [-0.39, 0.29) is 17.5 Å². The molecule has 6 heteroatoms. The average Bonchev–Trinajstić information content (AvgIpc) is 2.80. The van der Waals surface area contributed by atoms with Gasteiger partial charge in [0.05, 0.1) is 11.4 Å². The van der Waals surface area contributed by atoms with Gasteiger partial charge < -0.3 is 9.84 Å². The van der Waals surface area contributed by atoms with E-state index < -0.39 is 0 Å². The Bertz CT molecular complexity index is 613. The third-order valence-corrected chi connectivity index (χ3v) is 3.58. The highest BCUT2D eigenvalue weighted by Crippen LogP contribution is 2.15. The molecule has 1 heterocycles. The molecule has 0 bridgehead atoms. The van der Waals surface area contributed by atoms with Gasteiger partial charge in [-0.1, -0.05) is 11.2 Å². The summed E-state index contributed by atoms with van der Waals surface area (Å²) >= 11 is 1.43. The molecule has 1 N–H and O–H groups in total. The van der Waals surface area contributed by atoms with Crippen molar-refractivity contribution in [3.05, 3.63) is 47.1 Å². The van der Waals surface area contributed by atoms with Crippen LogP contribution in [0.1, 0.15) is 17.0 Å². The second-order valence-corrected chi connectivity index (χ2v) is 5.42. The Morgan fingerprint density at radius 1 is 1.40 bits per heavy atom. The molecule has 1 aromatic carbocycles. The summed E-state index contributed by atoms with van der Waals surface area (Å²) in [4.78, 5) is 11.7. The van der Waals surface area contributed by atoms with Gasteiger partial charge in [0.2, 0.25) is 5.91 Å². The lowest BCUT2D eigenvalue weighted by Gasteiger charge is -2.05. The first kappa shape index (κ1) is 14.6. The van der Waals surface area contributed by atoms with Gasteiger partial charge in [0.15, 0.2) is 0 Å². The molecule has 0 unspecified atom stereocenters. The predicted molar refractivity (Wildman–Crippen MR) is 77.2 cm³/mol. The Kier molecular flexibility index (Phi) is 4.79. The monoisotopic (exact) mass is 294 g/mol. The zero-order valence-corrected chi connectivity index (χ0v) is 12.1. The van der Waals surface area contributed by atoms with E-state index in [9.17, 15) is 9.18 Å². The van der Waals surface area contributed by atoms with Crippen LogP contribution in [0.5, 0.6) is 0 Å². The Balaban J connectivity index is 1.79. The zero-order chi connectivity index (χ0) is 14.5. The molecule has 20 heavy (non-hydrogen) atoms. The van der Waals surface area contributed by atoms with Gasteiger partial charge >= 0.3 is 0 Å². The number of halogens is 1. The number of thioether (sulfide) groups is 1. The van der Waals surface area contributed by atoms with Crippen LogP contribution < -0.4 is 5.32 Å².